The standard InChI is InChI=1S/C16H21BrFN3O2S/c1-10-15(11(2)21(20-10)16(3,4)5)24(22,23)19-9-12-6-7-13(17)14(18)8-12/h6-8,19H,9H2,1-5H3. The minimum Gasteiger partial charge on any atom is -0.263 e. The monoisotopic (exact) mass is 417 g/mol. The van der Waals surface area contributed by atoms with Crippen LogP contribution in [0.3, 0.4) is 0 Å². The molecule has 0 saturated heterocycles. The fraction of sp³-hybridized carbons (Fsp3) is 0.438. The zero-order chi connectivity index (χ0) is 18.3. The van der Waals surface area contributed by atoms with Crippen molar-refractivity contribution in [1.82, 2.24) is 14.5 Å². The van der Waals surface area contributed by atoms with E-state index in [1.54, 1.807) is 30.7 Å². The van der Waals surface area contributed by atoms with E-state index in [9.17, 15) is 12.8 Å². The zero-order valence-electron chi connectivity index (χ0n) is 14.3. The Morgan fingerprint density at radius 1 is 1.29 bits per heavy atom. The second kappa shape index (κ2) is 6.57. The first-order valence-electron chi connectivity index (χ1n) is 7.44. The number of aromatic nitrogens is 2. The summed E-state index contributed by atoms with van der Waals surface area (Å²) in [5.74, 6) is -0.431. The van der Waals surface area contributed by atoms with Gasteiger partial charge in [-0.05, 0) is 68.2 Å². The molecular formula is C16H21BrFN3O2S. The van der Waals surface area contributed by atoms with Crippen LogP contribution in [0.25, 0.3) is 0 Å². The summed E-state index contributed by atoms with van der Waals surface area (Å²) in [5.41, 5.74) is 1.24. The first-order valence-corrected chi connectivity index (χ1v) is 9.71. The van der Waals surface area contributed by atoms with Crippen LogP contribution >= 0.6 is 15.9 Å². The van der Waals surface area contributed by atoms with Crippen LogP contribution in [-0.2, 0) is 22.1 Å². The molecule has 0 bridgehead atoms. The predicted octanol–water partition coefficient (Wildman–Crippen LogP) is 3.64. The molecule has 0 spiro atoms. The molecule has 1 aromatic carbocycles. The van der Waals surface area contributed by atoms with Gasteiger partial charge in [0, 0.05) is 6.54 Å². The highest BCUT2D eigenvalue weighted by Crippen LogP contribution is 2.25. The Kier molecular flexibility index (Phi) is 5.22. The third-order valence-corrected chi connectivity index (χ3v) is 5.88. The van der Waals surface area contributed by atoms with E-state index in [1.165, 1.54) is 6.07 Å². The lowest BCUT2D eigenvalue weighted by atomic mass is 10.1. The van der Waals surface area contributed by atoms with Crippen molar-refractivity contribution in [3.63, 3.8) is 0 Å². The number of benzene rings is 1. The van der Waals surface area contributed by atoms with E-state index in [4.69, 9.17) is 0 Å². The molecule has 1 N–H and O–H groups in total. The molecular weight excluding hydrogens is 397 g/mol. The number of aryl methyl sites for hydroxylation is 1. The van der Waals surface area contributed by atoms with Gasteiger partial charge in [-0.1, -0.05) is 6.07 Å². The smallest absolute Gasteiger partial charge is 0.244 e. The number of nitrogens with one attached hydrogen (secondary N) is 1. The first-order chi connectivity index (χ1) is 10.9. The Balaban J connectivity index is 2.31. The molecule has 132 valence electrons. The summed E-state index contributed by atoms with van der Waals surface area (Å²) >= 11 is 3.07. The molecule has 1 aromatic heterocycles. The van der Waals surface area contributed by atoms with E-state index in [0.717, 1.165) is 0 Å². The number of rotatable bonds is 4. The van der Waals surface area contributed by atoms with Gasteiger partial charge in [0.1, 0.15) is 10.7 Å². The fourth-order valence-electron chi connectivity index (χ4n) is 2.57. The van der Waals surface area contributed by atoms with Crippen molar-refractivity contribution in [2.24, 2.45) is 0 Å². The molecule has 0 aliphatic carbocycles. The average molecular weight is 418 g/mol. The topological polar surface area (TPSA) is 64.0 Å². The van der Waals surface area contributed by atoms with E-state index < -0.39 is 15.8 Å². The number of hydrogen-bond donors (Lipinski definition) is 1. The number of nitrogens with zero attached hydrogens (tertiary/aromatic N) is 2. The molecule has 0 saturated carbocycles. The maximum absolute atomic E-state index is 13.5. The van der Waals surface area contributed by atoms with E-state index >= 15 is 0 Å². The van der Waals surface area contributed by atoms with Crippen LogP contribution in [-0.4, -0.2) is 18.2 Å². The molecule has 0 radical (unpaired) electrons. The molecule has 1 heterocycles. The molecule has 2 aromatic rings. The van der Waals surface area contributed by atoms with Gasteiger partial charge in [0.15, 0.2) is 0 Å². The van der Waals surface area contributed by atoms with Gasteiger partial charge in [0.2, 0.25) is 10.0 Å². The minimum absolute atomic E-state index is 0.00606. The van der Waals surface area contributed by atoms with Crippen LogP contribution in [0, 0.1) is 19.7 Å². The van der Waals surface area contributed by atoms with E-state index in [2.05, 4.69) is 25.8 Å². The Morgan fingerprint density at radius 3 is 2.42 bits per heavy atom. The minimum atomic E-state index is -3.75. The lowest BCUT2D eigenvalue weighted by molar-refractivity contribution is 0.345. The van der Waals surface area contributed by atoms with Gasteiger partial charge in [0.05, 0.1) is 21.4 Å². The Bertz CT molecular complexity index is 870. The molecule has 0 atom stereocenters. The summed E-state index contributed by atoms with van der Waals surface area (Å²) < 4.78 is 43.5. The zero-order valence-corrected chi connectivity index (χ0v) is 16.7. The molecule has 0 aliphatic heterocycles. The summed E-state index contributed by atoms with van der Waals surface area (Å²) in [7, 11) is -3.75. The number of sulfonamides is 1. The third kappa shape index (κ3) is 3.87. The first kappa shape index (κ1) is 19.1. The highest BCUT2D eigenvalue weighted by atomic mass is 79.9. The number of halogens is 2. The Labute approximate surface area is 150 Å². The van der Waals surface area contributed by atoms with Crippen LogP contribution in [0.5, 0.6) is 0 Å². The van der Waals surface area contributed by atoms with E-state index in [-0.39, 0.29) is 17.0 Å². The molecule has 5 nitrogen and oxygen atoms in total. The Hall–Kier alpha value is -1.25. The van der Waals surface area contributed by atoms with Gasteiger partial charge >= 0.3 is 0 Å². The Morgan fingerprint density at radius 2 is 1.92 bits per heavy atom. The normalized spacial score (nSPS) is 12.6. The second-order valence-electron chi connectivity index (χ2n) is 6.66. The van der Waals surface area contributed by atoms with Gasteiger partial charge in [-0.3, -0.25) is 4.68 Å². The average Bonchev–Trinajstić information content (AvgIpc) is 2.76. The molecule has 2 rings (SSSR count). The summed E-state index contributed by atoms with van der Waals surface area (Å²) in [6.07, 6.45) is 0. The quantitative estimate of drug-likeness (QED) is 0.825. The predicted molar refractivity (Wildman–Crippen MR) is 94.8 cm³/mol. The van der Waals surface area contributed by atoms with Crippen LogP contribution in [0.1, 0.15) is 37.7 Å². The van der Waals surface area contributed by atoms with Crippen molar-refractivity contribution in [3.05, 3.63) is 45.4 Å². The largest absolute Gasteiger partial charge is 0.263 e. The van der Waals surface area contributed by atoms with Crippen molar-refractivity contribution in [2.45, 2.75) is 51.6 Å². The molecule has 0 amide bonds. The maximum Gasteiger partial charge on any atom is 0.244 e. The molecule has 24 heavy (non-hydrogen) atoms. The highest BCUT2D eigenvalue weighted by Gasteiger charge is 2.28. The van der Waals surface area contributed by atoms with Crippen LogP contribution in [0.15, 0.2) is 27.6 Å². The van der Waals surface area contributed by atoms with Crippen molar-refractivity contribution in [2.75, 3.05) is 0 Å². The van der Waals surface area contributed by atoms with Crippen molar-refractivity contribution in [3.8, 4) is 0 Å². The number of hydrogen-bond acceptors (Lipinski definition) is 3. The van der Waals surface area contributed by atoms with Crippen LogP contribution < -0.4 is 4.72 Å². The van der Waals surface area contributed by atoms with Gasteiger partial charge in [-0.15, -0.1) is 0 Å². The van der Waals surface area contributed by atoms with Crippen molar-refractivity contribution < 1.29 is 12.8 Å². The summed E-state index contributed by atoms with van der Waals surface area (Å²) in [4.78, 5) is 0.176. The summed E-state index contributed by atoms with van der Waals surface area (Å²) in [5, 5.41) is 4.36. The second-order valence-corrected chi connectivity index (χ2v) is 9.21. The fourth-order valence-corrected chi connectivity index (χ4v) is 4.22. The van der Waals surface area contributed by atoms with Crippen LogP contribution in [0.2, 0.25) is 0 Å². The third-order valence-electron chi connectivity index (χ3n) is 3.58. The van der Waals surface area contributed by atoms with E-state index in [0.29, 0.717) is 21.4 Å². The van der Waals surface area contributed by atoms with Crippen molar-refractivity contribution in [1.29, 1.82) is 0 Å². The van der Waals surface area contributed by atoms with Gasteiger partial charge in [-0.25, -0.2) is 17.5 Å². The molecule has 0 aliphatic rings. The van der Waals surface area contributed by atoms with E-state index in [1.807, 2.05) is 20.8 Å². The van der Waals surface area contributed by atoms with Gasteiger partial charge in [-0.2, -0.15) is 5.10 Å². The molecule has 8 heteroatoms. The van der Waals surface area contributed by atoms with Crippen LogP contribution in [0.4, 0.5) is 4.39 Å². The van der Waals surface area contributed by atoms with Gasteiger partial charge in [0.25, 0.3) is 0 Å². The maximum atomic E-state index is 13.5. The lowest BCUT2D eigenvalue weighted by Crippen LogP contribution is -2.26. The highest BCUT2D eigenvalue weighted by molar-refractivity contribution is 9.10. The summed E-state index contributed by atoms with van der Waals surface area (Å²) in [6.45, 7) is 9.29. The van der Waals surface area contributed by atoms with Crippen molar-refractivity contribution >= 4 is 26.0 Å². The SMILES string of the molecule is Cc1nn(C(C)(C)C)c(C)c1S(=O)(=O)NCc1ccc(Br)c(F)c1. The van der Waals surface area contributed by atoms with Gasteiger partial charge < -0.3 is 0 Å². The molecule has 0 fully saturated rings. The summed E-state index contributed by atoms with van der Waals surface area (Å²) in [6, 6.07) is 4.51. The molecule has 0 unspecified atom stereocenters. The lowest BCUT2D eigenvalue weighted by Gasteiger charge is -2.21.